The van der Waals surface area contributed by atoms with Crippen molar-refractivity contribution in [3.05, 3.63) is 11.2 Å². The normalized spacial score (nSPS) is 11.7. The van der Waals surface area contributed by atoms with Crippen LogP contribution in [0.1, 0.15) is 13.3 Å². The molecule has 0 amide bonds. The third-order valence-corrected chi connectivity index (χ3v) is 2.50. The van der Waals surface area contributed by atoms with Gasteiger partial charge in [-0.15, -0.1) is 0 Å². The highest BCUT2D eigenvalue weighted by Crippen LogP contribution is 2.24. The van der Waals surface area contributed by atoms with Crippen LogP contribution in [0.25, 0.3) is 0 Å². The van der Waals surface area contributed by atoms with E-state index in [1.165, 1.54) is 6.20 Å². The van der Waals surface area contributed by atoms with Crippen molar-refractivity contribution in [2.24, 2.45) is 5.84 Å². The lowest BCUT2D eigenvalue weighted by Crippen LogP contribution is -2.30. The number of nitrogens with one attached hydrogen (secondary N) is 1. The van der Waals surface area contributed by atoms with E-state index in [1.54, 1.807) is 0 Å². The van der Waals surface area contributed by atoms with Gasteiger partial charge in [-0.3, -0.25) is 5.43 Å². The lowest BCUT2D eigenvalue weighted by molar-refractivity contribution is 0.693. The van der Waals surface area contributed by atoms with Crippen LogP contribution in [0.3, 0.4) is 0 Å². The molecular formula is C9H13ClN6. The molecule has 1 aromatic rings. The SMILES string of the molecule is CC(CC#N)N(C)c1nc(NN)ncc1Cl. The Labute approximate surface area is 99.0 Å². The molecule has 0 aliphatic heterocycles. The van der Waals surface area contributed by atoms with Crippen LogP contribution in [-0.4, -0.2) is 23.1 Å². The van der Waals surface area contributed by atoms with E-state index in [0.717, 1.165) is 0 Å². The maximum absolute atomic E-state index is 8.63. The van der Waals surface area contributed by atoms with Crippen molar-refractivity contribution in [1.29, 1.82) is 5.26 Å². The van der Waals surface area contributed by atoms with E-state index in [4.69, 9.17) is 22.7 Å². The molecule has 0 aromatic carbocycles. The molecule has 1 unspecified atom stereocenters. The predicted molar refractivity (Wildman–Crippen MR) is 62.9 cm³/mol. The van der Waals surface area contributed by atoms with Crippen LogP contribution in [-0.2, 0) is 0 Å². The van der Waals surface area contributed by atoms with Crippen LogP contribution in [0.4, 0.5) is 11.8 Å². The molecule has 1 rings (SSSR count). The van der Waals surface area contributed by atoms with Gasteiger partial charge in [0.2, 0.25) is 5.95 Å². The molecule has 6 nitrogen and oxygen atoms in total. The minimum atomic E-state index is 0.0167. The number of nitrogens with zero attached hydrogens (tertiary/aromatic N) is 4. The van der Waals surface area contributed by atoms with Gasteiger partial charge in [0.05, 0.1) is 18.7 Å². The van der Waals surface area contributed by atoms with E-state index in [9.17, 15) is 0 Å². The lowest BCUT2D eigenvalue weighted by Gasteiger charge is -2.24. The summed E-state index contributed by atoms with van der Waals surface area (Å²) >= 11 is 5.97. The topological polar surface area (TPSA) is 90.9 Å². The third-order valence-electron chi connectivity index (χ3n) is 2.24. The lowest BCUT2D eigenvalue weighted by atomic mass is 10.2. The van der Waals surface area contributed by atoms with Gasteiger partial charge in [0, 0.05) is 13.1 Å². The minimum absolute atomic E-state index is 0.0167. The number of hydrogen-bond acceptors (Lipinski definition) is 6. The Bertz CT molecular complexity index is 401. The molecule has 7 heteroatoms. The van der Waals surface area contributed by atoms with Gasteiger partial charge in [-0.05, 0) is 6.92 Å². The number of rotatable bonds is 4. The van der Waals surface area contributed by atoms with Crippen LogP contribution >= 0.6 is 11.6 Å². The van der Waals surface area contributed by atoms with Crippen LogP contribution in [0.5, 0.6) is 0 Å². The number of nitrogens with two attached hydrogens (primary N) is 1. The largest absolute Gasteiger partial charge is 0.355 e. The second-order valence-electron chi connectivity index (χ2n) is 3.33. The summed E-state index contributed by atoms with van der Waals surface area (Å²) in [5.74, 6) is 6.05. The Hall–Kier alpha value is -1.58. The van der Waals surface area contributed by atoms with E-state index in [0.29, 0.717) is 17.3 Å². The van der Waals surface area contributed by atoms with Gasteiger partial charge in [-0.1, -0.05) is 11.6 Å². The second-order valence-corrected chi connectivity index (χ2v) is 3.74. The van der Waals surface area contributed by atoms with Crippen molar-refractivity contribution in [2.75, 3.05) is 17.4 Å². The zero-order valence-electron chi connectivity index (χ0n) is 9.11. The molecule has 0 saturated heterocycles. The van der Waals surface area contributed by atoms with Gasteiger partial charge in [0.25, 0.3) is 0 Å². The molecule has 1 heterocycles. The summed E-state index contributed by atoms with van der Waals surface area (Å²) in [6.07, 6.45) is 1.86. The van der Waals surface area contributed by atoms with E-state index >= 15 is 0 Å². The fraction of sp³-hybridized carbons (Fsp3) is 0.444. The third kappa shape index (κ3) is 2.72. The molecule has 86 valence electrons. The summed E-state index contributed by atoms with van der Waals surface area (Å²) in [4.78, 5) is 9.82. The molecule has 16 heavy (non-hydrogen) atoms. The quantitative estimate of drug-likeness (QED) is 0.606. The van der Waals surface area contributed by atoms with Crippen LogP contribution in [0.2, 0.25) is 5.02 Å². The Morgan fingerprint density at radius 3 is 3.00 bits per heavy atom. The van der Waals surface area contributed by atoms with Crippen LogP contribution in [0, 0.1) is 11.3 Å². The van der Waals surface area contributed by atoms with E-state index < -0.39 is 0 Å². The van der Waals surface area contributed by atoms with Crippen molar-refractivity contribution in [2.45, 2.75) is 19.4 Å². The number of halogens is 1. The highest BCUT2D eigenvalue weighted by molar-refractivity contribution is 6.32. The highest BCUT2D eigenvalue weighted by Gasteiger charge is 2.15. The predicted octanol–water partition coefficient (Wildman–Crippen LogP) is 1.15. The molecule has 0 radical (unpaired) electrons. The average molecular weight is 241 g/mol. The number of aromatic nitrogens is 2. The van der Waals surface area contributed by atoms with Crippen LogP contribution in [0.15, 0.2) is 6.20 Å². The molecule has 1 atom stereocenters. The van der Waals surface area contributed by atoms with Gasteiger partial charge in [0.15, 0.2) is 5.82 Å². The first-order chi connectivity index (χ1) is 7.60. The monoisotopic (exact) mass is 240 g/mol. The van der Waals surface area contributed by atoms with Crippen LogP contribution < -0.4 is 16.2 Å². The standard InChI is InChI=1S/C9H13ClN6/c1-6(3-4-11)16(2)8-7(10)5-13-9(14-8)15-12/h5-6H,3,12H2,1-2H3,(H,13,14,15). The molecular weight excluding hydrogens is 228 g/mol. The van der Waals surface area contributed by atoms with E-state index in [2.05, 4.69) is 21.5 Å². The van der Waals surface area contributed by atoms with Gasteiger partial charge >= 0.3 is 0 Å². The summed E-state index contributed by atoms with van der Waals surface area (Å²) in [6, 6.07) is 2.11. The van der Waals surface area contributed by atoms with Crippen molar-refractivity contribution in [1.82, 2.24) is 9.97 Å². The van der Waals surface area contributed by atoms with Gasteiger partial charge in [0.1, 0.15) is 5.02 Å². The summed E-state index contributed by atoms with van der Waals surface area (Å²) in [5.41, 5.74) is 2.35. The molecule has 3 N–H and O–H groups in total. The first kappa shape index (κ1) is 12.5. The fourth-order valence-corrected chi connectivity index (χ4v) is 1.38. The number of nitrogen functional groups attached to an aromatic ring is 1. The van der Waals surface area contributed by atoms with Crippen molar-refractivity contribution in [3.8, 4) is 6.07 Å². The van der Waals surface area contributed by atoms with E-state index in [1.807, 2.05) is 18.9 Å². The molecule has 0 aliphatic carbocycles. The Balaban J connectivity index is 2.98. The van der Waals surface area contributed by atoms with Gasteiger partial charge < -0.3 is 4.90 Å². The number of nitriles is 1. The Morgan fingerprint density at radius 2 is 2.44 bits per heavy atom. The Morgan fingerprint density at radius 1 is 1.75 bits per heavy atom. The molecule has 0 fully saturated rings. The first-order valence-electron chi connectivity index (χ1n) is 4.69. The van der Waals surface area contributed by atoms with Crippen molar-refractivity contribution < 1.29 is 0 Å². The number of hydrazine groups is 1. The second kappa shape index (κ2) is 5.49. The molecule has 0 spiro atoms. The smallest absolute Gasteiger partial charge is 0.239 e. The summed E-state index contributed by atoms with van der Waals surface area (Å²) in [7, 11) is 1.82. The zero-order chi connectivity index (χ0) is 12.1. The Kier molecular flexibility index (Phi) is 4.28. The summed E-state index contributed by atoms with van der Waals surface area (Å²) < 4.78 is 0. The van der Waals surface area contributed by atoms with E-state index in [-0.39, 0.29) is 12.0 Å². The maximum atomic E-state index is 8.63. The average Bonchev–Trinajstić information content (AvgIpc) is 2.29. The van der Waals surface area contributed by atoms with Gasteiger partial charge in [-0.2, -0.15) is 10.2 Å². The molecule has 1 aromatic heterocycles. The summed E-state index contributed by atoms with van der Waals surface area (Å²) in [5, 5.41) is 9.05. The van der Waals surface area contributed by atoms with Crippen molar-refractivity contribution in [3.63, 3.8) is 0 Å². The fourth-order valence-electron chi connectivity index (χ4n) is 1.15. The number of hydrogen-bond donors (Lipinski definition) is 2. The van der Waals surface area contributed by atoms with Gasteiger partial charge in [-0.25, -0.2) is 10.8 Å². The zero-order valence-corrected chi connectivity index (χ0v) is 9.86. The molecule has 0 aliphatic rings. The van der Waals surface area contributed by atoms with Crippen molar-refractivity contribution >= 4 is 23.4 Å². The highest BCUT2D eigenvalue weighted by atomic mass is 35.5. The maximum Gasteiger partial charge on any atom is 0.239 e. The summed E-state index contributed by atoms with van der Waals surface area (Å²) in [6.45, 7) is 1.91. The number of anilines is 2. The first-order valence-corrected chi connectivity index (χ1v) is 5.07. The molecule has 0 saturated carbocycles. The molecule has 0 bridgehead atoms. The minimum Gasteiger partial charge on any atom is -0.355 e.